The third-order valence-corrected chi connectivity index (χ3v) is 8.21. The normalized spacial score (nSPS) is 11.8. The Hall–Kier alpha value is -2.16. The molecule has 3 heterocycles. The Balaban J connectivity index is 1.49. The molecular weight excluding hydrogens is 506 g/mol. The Morgan fingerprint density at radius 1 is 1.12 bits per heavy atom. The van der Waals surface area contributed by atoms with E-state index < -0.39 is 5.60 Å². The molecule has 0 spiro atoms. The van der Waals surface area contributed by atoms with Crippen molar-refractivity contribution in [2.45, 2.75) is 46.3 Å². The molecule has 1 amide bonds. The molecule has 0 fully saturated rings. The molecule has 32 heavy (non-hydrogen) atoms. The van der Waals surface area contributed by atoms with Gasteiger partial charge in [0.2, 0.25) is 0 Å². The fourth-order valence-electron chi connectivity index (χ4n) is 3.42. The van der Waals surface area contributed by atoms with Crippen molar-refractivity contribution in [2.75, 3.05) is 6.54 Å². The van der Waals surface area contributed by atoms with Crippen LogP contribution in [-0.4, -0.2) is 33.1 Å². The maximum atomic E-state index is 12.5. The first-order valence-corrected chi connectivity index (χ1v) is 13.1. The molecule has 0 aliphatic carbocycles. The van der Waals surface area contributed by atoms with Crippen molar-refractivity contribution in [1.82, 2.24) is 14.9 Å². The topological polar surface area (TPSA) is 58.2 Å². The predicted octanol–water partition coefficient (Wildman–Crippen LogP) is 7.93. The number of carbonyl (C=O) groups is 1. The van der Waals surface area contributed by atoms with Gasteiger partial charge < -0.3 is 14.6 Å². The molecule has 4 aromatic rings. The summed E-state index contributed by atoms with van der Waals surface area (Å²) in [4.78, 5) is 22.1. The third-order valence-electron chi connectivity index (χ3n) is 4.86. The van der Waals surface area contributed by atoms with Gasteiger partial charge in [0.1, 0.15) is 11.4 Å². The van der Waals surface area contributed by atoms with Crippen molar-refractivity contribution in [2.24, 2.45) is 0 Å². The fraction of sp³-hybridized carbons (Fsp3) is 0.333. The lowest BCUT2D eigenvalue weighted by atomic mass is 10.1. The zero-order valence-electron chi connectivity index (χ0n) is 18.6. The van der Waals surface area contributed by atoms with E-state index in [1.165, 1.54) is 25.0 Å². The second-order valence-electron chi connectivity index (χ2n) is 8.61. The lowest BCUT2D eigenvalue weighted by molar-refractivity contribution is 0.0229. The second-order valence-corrected chi connectivity index (χ2v) is 11.2. The Morgan fingerprint density at radius 2 is 1.81 bits per heavy atom. The summed E-state index contributed by atoms with van der Waals surface area (Å²) < 4.78 is 9.32. The van der Waals surface area contributed by atoms with Gasteiger partial charge in [-0.05, 0) is 54.2 Å². The van der Waals surface area contributed by atoms with Crippen molar-refractivity contribution in [3.05, 3.63) is 51.5 Å². The van der Waals surface area contributed by atoms with Crippen LogP contribution in [0.3, 0.4) is 0 Å². The zero-order chi connectivity index (χ0) is 22.9. The first-order valence-electron chi connectivity index (χ1n) is 10.5. The number of aromatic amines is 1. The van der Waals surface area contributed by atoms with E-state index in [1.54, 1.807) is 27.6 Å². The summed E-state index contributed by atoms with van der Waals surface area (Å²) in [5, 5.41) is 4.36. The van der Waals surface area contributed by atoms with Gasteiger partial charge in [0.15, 0.2) is 0 Å². The Bertz CT molecular complexity index is 1220. The van der Waals surface area contributed by atoms with Crippen molar-refractivity contribution in [1.29, 1.82) is 0 Å². The lowest BCUT2D eigenvalue weighted by Crippen LogP contribution is -2.37. The SMILES string of the molecule is CCCN(Cc1ncc(-c2ccc(-c3csc4c(Br)csc34)cc2)[nH]1)C(=O)OC(C)(C)C. The van der Waals surface area contributed by atoms with Crippen LogP contribution in [0.5, 0.6) is 0 Å². The van der Waals surface area contributed by atoms with Gasteiger partial charge in [-0.25, -0.2) is 9.78 Å². The predicted molar refractivity (Wildman–Crippen MR) is 137 cm³/mol. The van der Waals surface area contributed by atoms with Crippen LogP contribution in [0.1, 0.15) is 39.9 Å². The Morgan fingerprint density at radius 3 is 2.50 bits per heavy atom. The number of H-pyrrole nitrogens is 1. The van der Waals surface area contributed by atoms with Crippen LogP contribution in [0, 0.1) is 0 Å². The molecule has 0 aliphatic heterocycles. The van der Waals surface area contributed by atoms with Crippen molar-refractivity contribution in [3.63, 3.8) is 0 Å². The summed E-state index contributed by atoms with van der Waals surface area (Å²) in [6.07, 6.45) is 2.36. The molecule has 1 aromatic carbocycles. The van der Waals surface area contributed by atoms with E-state index >= 15 is 0 Å². The molecule has 0 radical (unpaired) electrons. The third kappa shape index (κ3) is 5.08. The minimum absolute atomic E-state index is 0.316. The quantitative estimate of drug-likeness (QED) is 0.274. The number of ether oxygens (including phenoxy) is 1. The largest absolute Gasteiger partial charge is 0.444 e. The standard InChI is InChI=1S/C24H26BrN3O2S2/c1-5-10-28(23(29)30-24(2,3)4)12-20-26-11-19(27-20)16-8-6-15(7-9-16)17-13-31-22-18(25)14-32-21(17)22/h6-9,11,13-14H,5,10,12H2,1-4H3,(H,26,27). The highest BCUT2D eigenvalue weighted by atomic mass is 79.9. The number of thiophene rings is 2. The van der Waals surface area contributed by atoms with Gasteiger partial charge in [-0.3, -0.25) is 0 Å². The smallest absolute Gasteiger partial charge is 0.410 e. The number of fused-ring (bicyclic) bond motifs is 1. The molecule has 0 atom stereocenters. The van der Waals surface area contributed by atoms with Crippen LogP contribution in [0.25, 0.3) is 31.8 Å². The van der Waals surface area contributed by atoms with E-state index in [2.05, 4.69) is 60.9 Å². The van der Waals surface area contributed by atoms with Gasteiger partial charge in [-0.15, -0.1) is 22.7 Å². The molecule has 0 saturated carbocycles. The van der Waals surface area contributed by atoms with Crippen molar-refractivity contribution >= 4 is 54.1 Å². The number of hydrogen-bond donors (Lipinski definition) is 1. The molecular formula is C24H26BrN3O2S2. The minimum atomic E-state index is -0.521. The van der Waals surface area contributed by atoms with E-state index in [4.69, 9.17) is 4.74 Å². The Kier molecular flexibility index (Phi) is 6.74. The minimum Gasteiger partial charge on any atom is -0.444 e. The first-order chi connectivity index (χ1) is 15.2. The molecule has 3 aromatic heterocycles. The number of imidazole rings is 1. The number of nitrogens with one attached hydrogen (secondary N) is 1. The Labute approximate surface area is 204 Å². The van der Waals surface area contributed by atoms with Gasteiger partial charge in [0, 0.05) is 27.3 Å². The number of amides is 1. The van der Waals surface area contributed by atoms with Crippen molar-refractivity contribution in [3.8, 4) is 22.4 Å². The van der Waals surface area contributed by atoms with Crippen LogP contribution < -0.4 is 0 Å². The highest BCUT2D eigenvalue weighted by molar-refractivity contribution is 9.10. The number of nitrogens with zero attached hydrogens (tertiary/aromatic N) is 2. The molecule has 8 heteroatoms. The second kappa shape index (κ2) is 9.37. The highest BCUT2D eigenvalue weighted by Crippen LogP contribution is 2.42. The number of aromatic nitrogens is 2. The molecule has 0 saturated heterocycles. The van der Waals surface area contributed by atoms with Gasteiger partial charge in [-0.2, -0.15) is 0 Å². The average molecular weight is 533 g/mol. The van der Waals surface area contributed by atoms with Crippen LogP contribution in [-0.2, 0) is 11.3 Å². The van der Waals surface area contributed by atoms with Gasteiger partial charge in [0.05, 0.1) is 27.8 Å². The van der Waals surface area contributed by atoms with Crippen LogP contribution in [0.4, 0.5) is 4.79 Å². The summed E-state index contributed by atoms with van der Waals surface area (Å²) in [7, 11) is 0. The number of carbonyl (C=O) groups excluding carboxylic acids is 1. The fourth-order valence-corrected chi connectivity index (χ4v) is 6.49. The summed E-state index contributed by atoms with van der Waals surface area (Å²) in [5.41, 5.74) is 3.94. The molecule has 0 bridgehead atoms. The van der Waals surface area contributed by atoms with Crippen molar-refractivity contribution < 1.29 is 9.53 Å². The monoisotopic (exact) mass is 531 g/mol. The van der Waals surface area contributed by atoms with Gasteiger partial charge in [-0.1, -0.05) is 31.2 Å². The summed E-state index contributed by atoms with van der Waals surface area (Å²) in [5.74, 6) is 0.742. The molecule has 0 aliphatic rings. The van der Waals surface area contributed by atoms with Gasteiger partial charge in [0.25, 0.3) is 0 Å². The summed E-state index contributed by atoms with van der Waals surface area (Å²) >= 11 is 7.16. The van der Waals surface area contributed by atoms with E-state index in [0.29, 0.717) is 13.1 Å². The van der Waals surface area contributed by atoms with Crippen LogP contribution in [0.15, 0.2) is 45.7 Å². The van der Waals surface area contributed by atoms with E-state index in [9.17, 15) is 4.79 Å². The maximum absolute atomic E-state index is 12.5. The summed E-state index contributed by atoms with van der Waals surface area (Å²) in [6.45, 7) is 8.68. The van der Waals surface area contributed by atoms with E-state index in [0.717, 1.165) is 23.5 Å². The number of rotatable bonds is 6. The number of hydrogen-bond acceptors (Lipinski definition) is 5. The highest BCUT2D eigenvalue weighted by Gasteiger charge is 2.22. The number of benzene rings is 1. The molecule has 168 valence electrons. The average Bonchev–Trinajstić information content (AvgIpc) is 3.45. The molecule has 0 unspecified atom stereocenters. The van der Waals surface area contributed by atoms with Crippen LogP contribution in [0.2, 0.25) is 0 Å². The molecule has 5 nitrogen and oxygen atoms in total. The van der Waals surface area contributed by atoms with Gasteiger partial charge >= 0.3 is 6.09 Å². The molecule has 4 rings (SSSR count). The maximum Gasteiger partial charge on any atom is 0.410 e. The van der Waals surface area contributed by atoms with Crippen LogP contribution >= 0.6 is 38.6 Å². The molecule has 1 N–H and O–H groups in total. The zero-order valence-corrected chi connectivity index (χ0v) is 21.8. The van der Waals surface area contributed by atoms with E-state index in [1.807, 2.05) is 33.9 Å². The summed E-state index contributed by atoms with van der Waals surface area (Å²) in [6, 6.07) is 8.51. The lowest BCUT2D eigenvalue weighted by Gasteiger charge is -2.26. The first kappa shape index (κ1) is 23.0. The van der Waals surface area contributed by atoms with E-state index in [-0.39, 0.29) is 6.09 Å². The number of halogens is 1.